The van der Waals surface area contributed by atoms with Gasteiger partial charge in [-0.25, -0.2) is 15.0 Å². The van der Waals surface area contributed by atoms with E-state index in [4.69, 9.17) is 32.7 Å². The van der Waals surface area contributed by atoms with E-state index in [0.29, 0.717) is 55.9 Å². The van der Waals surface area contributed by atoms with Crippen LogP contribution in [0.15, 0.2) is 36.7 Å². The quantitative estimate of drug-likeness (QED) is 0.449. The molecule has 5 heterocycles. The van der Waals surface area contributed by atoms with Crippen LogP contribution in [0.3, 0.4) is 0 Å². The summed E-state index contributed by atoms with van der Waals surface area (Å²) in [5.41, 5.74) is 9.67. The van der Waals surface area contributed by atoms with Gasteiger partial charge in [-0.3, -0.25) is 4.79 Å². The van der Waals surface area contributed by atoms with Crippen LogP contribution < -0.4 is 20.9 Å². The van der Waals surface area contributed by atoms with Crippen molar-refractivity contribution < 1.29 is 9.53 Å². The lowest BCUT2D eigenvalue weighted by Crippen LogP contribution is -2.47. The number of aromatic nitrogens is 4. The van der Waals surface area contributed by atoms with Crippen LogP contribution in [0.2, 0.25) is 0 Å². The van der Waals surface area contributed by atoms with Crippen LogP contribution in [0.1, 0.15) is 15.9 Å². The molecule has 0 saturated carbocycles. The van der Waals surface area contributed by atoms with E-state index in [1.54, 1.807) is 12.4 Å². The second-order valence-corrected chi connectivity index (χ2v) is 10.5. The smallest absolute Gasteiger partial charge is 0.254 e. The van der Waals surface area contributed by atoms with Gasteiger partial charge in [-0.2, -0.15) is 4.98 Å². The number of piperazine rings is 1. The number of nitrogens with one attached hydrogen (secondary N) is 1. The highest BCUT2D eigenvalue weighted by Crippen LogP contribution is 2.36. The van der Waals surface area contributed by atoms with Crippen LogP contribution in [0.5, 0.6) is 0 Å². The molecule has 1 aromatic carbocycles. The number of nitrogens with zero attached hydrogens (tertiary/aromatic N) is 8. The largest absolute Gasteiger partial charge is 0.378 e. The molecule has 3 N–H and O–H groups in total. The van der Waals surface area contributed by atoms with Crippen molar-refractivity contribution in [2.45, 2.75) is 6.42 Å². The maximum atomic E-state index is 13.1. The Kier molecular flexibility index (Phi) is 7.41. The Morgan fingerprint density at radius 1 is 1.02 bits per heavy atom. The lowest BCUT2D eigenvalue weighted by atomic mass is 10.1. The van der Waals surface area contributed by atoms with E-state index in [2.05, 4.69) is 32.1 Å². The molecule has 0 spiro atoms. The Morgan fingerprint density at radius 3 is 2.52 bits per heavy atom. The summed E-state index contributed by atoms with van der Waals surface area (Å²) >= 11 is 5.87. The highest BCUT2D eigenvalue weighted by Gasteiger charge is 2.31. The average Bonchev–Trinajstić information content (AvgIpc) is 3.42. The number of nitrogens with two attached hydrogens (primary N) is 1. The summed E-state index contributed by atoms with van der Waals surface area (Å²) in [4.78, 5) is 39.6. The molecule has 40 heavy (non-hydrogen) atoms. The predicted molar refractivity (Wildman–Crippen MR) is 158 cm³/mol. The minimum Gasteiger partial charge on any atom is -0.378 e. The number of ether oxygens (including phenoxy) is 1. The monoisotopic (exact) mass is 560 g/mol. The zero-order valence-electron chi connectivity index (χ0n) is 22.4. The van der Waals surface area contributed by atoms with Gasteiger partial charge in [0, 0.05) is 80.6 Å². The van der Waals surface area contributed by atoms with Crippen molar-refractivity contribution in [3.63, 3.8) is 0 Å². The molecule has 2 saturated heterocycles. The number of benzene rings is 1. The summed E-state index contributed by atoms with van der Waals surface area (Å²) in [6, 6.07) is 7.51. The second-order valence-electron chi connectivity index (χ2n) is 10.1. The van der Waals surface area contributed by atoms with Crippen molar-refractivity contribution in [2.75, 3.05) is 86.9 Å². The standard InChI is InChI=1S/C27H32N10O2S/c1-34-7-9-35(10-8-34)24(38)18-3-2-4-20(15-18)31-27(40)37-6-5-21-22(19-16-29-25(28)30-17-19)32-26(33-23(21)37)36-11-13-39-14-12-36/h2-4,15-17H,5-14H2,1H3,(H,31,40)(H2,28,29,30). The molecule has 6 rings (SSSR count). The zero-order valence-corrected chi connectivity index (χ0v) is 23.2. The molecule has 0 aliphatic carbocycles. The number of nitrogen functional groups attached to an aromatic ring is 1. The van der Waals surface area contributed by atoms with Crippen molar-refractivity contribution in [3.05, 3.63) is 47.8 Å². The van der Waals surface area contributed by atoms with Gasteiger partial charge in [0.05, 0.1) is 18.9 Å². The number of carbonyl (C=O) groups excluding carboxylic acids is 1. The number of fused-ring (bicyclic) bond motifs is 1. The van der Waals surface area contributed by atoms with Gasteiger partial charge in [-0.1, -0.05) is 6.07 Å². The third kappa shape index (κ3) is 5.40. The third-order valence-electron chi connectivity index (χ3n) is 7.45. The maximum Gasteiger partial charge on any atom is 0.254 e. The molecule has 3 aromatic rings. The van der Waals surface area contributed by atoms with E-state index >= 15 is 0 Å². The van der Waals surface area contributed by atoms with Crippen molar-refractivity contribution >= 4 is 46.6 Å². The number of thiocarbonyl (C=S) groups is 1. The van der Waals surface area contributed by atoms with Gasteiger partial charge in [0.1, 0.15) is 5.82 Å². The van der Waals surface area contributed by atoms with Crippen LogP contribution in [-0.2, 0) is 11.2 Å². The Balaban J connectivity index is 1.26. The van der Waals surface area contributed by atoms with Gasteiger partial charge in [0.2, 0.25) is 11.9 Å². The first-order valence-corrected chi connectivity index (χ1v) is 13.8. The minimum atomic E-state index is 0.0347. The molecule has 3 aliphatic heterocycles. The summed E-state index contributed by atoms with van der Waals surface area (Å²) in [6.07, 6.45) is 4.09. The van der Waals surface area contributed by atoms with Crippen molar-refractivity contribution in [2.24, 2.45) is 0 Å². The van der Waals surface area contributed by atoms with E-state index < -0.39 is 0 Å². The van der Waals surface area contributed by atoms with Gasteiger partial charge in [0.15, 0.2) is 5.11 Å². The molecule has 13 heteroatoms. The molecule has 3 aliphatic rings. The lowest BCUT2D eigenvalue weighted by Gasteiger charge is -2.32. The SMILES string of the molecule is CN1CCN(C(=O)c2cccc(NC(=S)N3CCc4c(-c5cnc(N)nc5)nc(N5CCOCC5)nc43)c2)CC1. The van der Waals surface area contributed by atoms with E-state index in [0.717, 1.165) is 54.5 Å². The Labute approximate surface area is 238 Å². The van der Waals surface area contributed by atoms with E-state index in [-0.39, 0.29) is 11.9 Å². The molecule has 12 nitrogen and oxygen atoms in total. The predicted octanol–water partition coefficient (Wildman–Crippen LogP) is 1.50. The van der Waals surface area contributed by atoms with Crippen LogP contribution in [0.25, 0.3) is 11.3 Å². The summed E-state index contributed by atoms with van der Waals surface area (Å²) in [7, 11) is 2.07. The number of morpholine rings is 1. The fourth-order valence-electron chi connectivity index (χ4n) is 5.16. The number of rotatable bonds is 4. The van der Waals surface area contributed by atoms with Crippen LogP contribution >= 0.6 is 12.2 Å². The molecule has 0 atom stereocenters. The van der Waals surface area contributed by atoms with Crippen LogP contribution in [0, 0.1) is 0 Å². The Hall–Kier alpha value is -3.94. The number of hydrogen-bond acceptors (Lipinski definition) is 10. The topological polar surface area (TPSA) is 129 Å². The van der Waals surface area contributed by atoms with E-state index in [1.807, 2.05) is 34.1 Å². The molecular weight excluding hydrogens is 528 g/mol. The fraction of sp³-hybridized carbons (Fsp3) is 0.407. The summed E-state index contributed by atoms with van der Waals surface area (Å²) in [5.74, 6) is 1.62. The Bertz CT molecular complexity index is 1400. The zero-order chi connectivity index (χ0) is 27.6. The van der Waals surface area contributed by atoms with Crippen molar-refractivity contribution in [3.8, 4) is 11.3 Å². The molecule has 2 fully saturated rings. The average molecular weight is 561 g/mol. The van der Waals surface area contributed by atoms with Gasteiger partial charge in [-0.05, 0) is 43.9 Å². The molecule has 208 valence electrons. The minimum absolute atomic E-state index is 0.0347. The van der Waals surface area contributed by atoms with Crippen LogP contribution in [-0.4, -0.2) is 107 Å². The second kappa shape index (κ2) is 11.3. The third-order valence-corrected chi connectivity index (χ3v) is 7.77. The highest BCUT2D eigenvalue weighted by molar-refractivity contribution is 7.80. The molecule has 0 radical (unpaired) electrons. The van der Waals surface area contributed by atoms with Gasteiger partial charge in [0.25, 0.3) is 5.91 Å². The van der Waals surface area contributed by atoms with Crippen LogP contribution in [0.4, 0.5) is 23.4 Å². The summed E-state index contributed by atoms with van der Waals surface area (Å²) in [5, 5.41) is 3.85. The van der Waals surface area contributed by atoms with E-state index in [9.17, 15) is 4.79 Å². The molecule has 0 unspecified atom stereocenters. The van der Waals surface area contributed by atoms with Gasteiger partial charge in [-0.15, -0.1) is 0 Å². The molecular formula is C27H32N10O2S. The van der Waals surface area contributed by atoms with Crippen molar-refractivity contribution in [1.82, 2.24) is 29.7 Å². The number of likely N-dealkylation sites (N-methyl/N-ethyl adjacent to an activating group) is 1. The first-order valence-electron chi connectivity index (χ1n) is 13.4. The summed E-state index contributed by atoms with van der Waals surface area (Å²) in [6.45, 7) is 6.49. The normalized spacial score (nSPS) is 17.6. The molecule has 0 bridgehead atoms. The number of amides is 1. The number of hydrogen-bond donors (Lipinski definition) is 2. The molecule has 1 amide bonds. The number of carbonyl (C=O) groups is 1. The first kappa shape index (κ1) is 26.3. The van der Waals surface area contributed by atoms with Gasteiger partial charge >= 0.3 is 0 Å². The summed E-state index contributed by atoms with van der Waals surface area (Å²) < 4.78 is 5.54. The van der Waals surface area contributed by atoms with Gasteiger partial charge < -0.3 is 35.4 Å². The lowest BCUT2D eigenvalue weighted by molar-refractivity contribution is 0.0664. The fourth-order valence-corrected chi connectivity index (χ4v) is 5.45. The van der Waals surface area contributed by atoms with E-state index in [1.165, 1.54) is 0 Å². The Morgan fingerprint density at radius 2 is 1.77 bits per heavy atom. The first-order chi connectivity index (χ1) is 19.5. The molecule has 2 aromatic heterocycles. The maximum absolute atomic E-state index is 13.1. The number of anilines is 4. The highest BCUT2D eigenvalue weighted by atomic mass is 32.1. The van der Waals surface area contributed by atoms with Crippen molar-refractivity contribution in [1.29, 1.82) is 0 Å².